The van der Waals surface area contributed by atoms with Crippen molar-refractivity contribution in [3.05, 3.63) is 28.1 Å². The molecule has 0 aliphatic carbocycles. The summed E-state index contributed by atoms with van der Waals surface area (Å²) in [6.07, 6.45) is 3.36. The van der Waals surface area contributed by atoms with E-state index in [9.17, 15) is 9.59 Å². The molecule has 0 aromatic carbocycles. The largest absolute Gasteiger partial charge is 0.448 e. The fourth-order valence-corrected chi connectivity index (χ4v) is 5.05. The first kappa shape index (κ1) is 19.0. The molecule has 2 atom stereocenters. The number of esters is 1. The van der Waals surface area contributed by atoms with Crippen molar-refractivity contribution in [2.24, 2.45) is 0 Å². The van der Waals surface area contributed by atoms with Gasteiger partial charge < -0.3 is 9.64 Å². The summed E-state index contributed by atoms with van der Waals surface area (Å²) >= 11 is 2.90. The average Bonchev–Trinajstić information content (AvgIpc) is 3.30. The summed E-state index contributed by atoms with van der Waals surface area (Å²) in [5.74, 6) is -0.556. The molecule has 1 amide bonds. The van der Waals surface area contributed by atoms with Gasteiger partial charge in [0.1, 0.15) is 9.88 Å². The van der Waals surface area contributed by atoms with Gasteiger partial charge in [-0.1, -0.05) is 13.0 Å². The lowest BCUT2D eigenvalue weighted by Crippen LogP contribution is -2.48. The van der Waals surface area contributed by atoms with Gasteiger partial charge in [-0.25, -0.2) is 9.78 Å². The molecule has 26 heavy (non-hydrogen) atoms. The lowest BCUT2D eigenvalue weighted by atomic mass is 9.99. The van der Waals surface area contributed by atoms with Gasteiger partial charge in [-0.15, -0.1) is 22.7 Å². The molecule has 140 valence electrons. The van der Waals surface area contributed by atoms with E-state index in [1.807, 2.05) is 22.4 Å². The smallest absolute Gasteiger partial charge is 0.351 e. The van der Waals surface area contributed by atoms with Crippen LogP contribution < -0.4 is 0 Å². The minimum Gasteiger partial charge on any atom is -0.448 e. The van der Waals surface area contributed by atoms with Crippen molar-refractivity contribution in [3.8, 4) is 9.88 Å². The number of hydrogen-bond acceptors (Lipinski definition) is 6. The van der Waals surface area contributed by atoms with E-state index in [-0.39, 0.29) is 11.9 Å². The van der Waals surface area contributed by atoms with Crippen molar-refractivity contribution in [2.45, 2.75) is 58.6 Å². The van der Waals surface area contributed by atoms with E-state index in [4.69, 9.17) is 4.74 Å². The van der Waals surface area contributed by atoms with Gasteiger partial charge in [0, 0.05) is 12.6 Å². The number of aromatic nitrogens is 1. The molecule has 2 aromatic rings. The van der Waals surface area contributed by atoms with Gasteiger partial charge in [-0.05, 0) is 51.0 Å². The van der Waals surface area contributed by atoms with Gasteiger partial charge in [-0.3, -0.25) is 4.79 Å². The number of hydrogen-bond donors (Lipinski definition) is 0. The lowest BCUT2D eigenvalue weighted by molar-refractivity contribution is -0.143. The highest BCUT2D eigenvalue weighted by molar-refractivity contribution is 7.22. The van der Waals surface area contributed by atoms with Crippen LogP contribution >= 0.6 is 22.7 Å². The zero-order chi connectivity index (χ0) is 18.7. The molecule has 1 aliphatic heterocycles. The summed E-state index contributed by atoms with van der Waals surface area (Å²) in [7, 11) is 0. The summed E-state index contributed by atoms with van der Waals surface area (Å²) in [4.78, 5) is 33.2. The third-order valence-corrected chi connectivity index (χ3v) is 6.90. The number of thiazole rings is 1. The van der Waals surface area contributed by atoms with E-state index in [0.717, 1.165) is 42.1 Å². The highest BCUT2D eigenvalue weighted by atomic mass is 32.1. The van der Waals surface area contributed by atoms with E-state index in [1.54, 1.807) is 25.2 Å². The summed E-state index contributed by atoms with van der Waals surface area (Å²) in [6, 6.07) is 4.19. The number of likely N-dealkylation sites (tertiary alicyclic amines) is 1. The van der Waals surface area contributed by atoms with E-state index in [2.05, 4.69) is 11.9 Å². The van der Waals surface area contributed by atoms with Gasteiger partial charge in [-0.2, -0.15) is 0 Å². The maximum atomic E-state index is 12.7. The quantitative estimate of drug-likeness (QED) is 0.702. The molecule has 0 saturated carbocycles. The van der Waals surface area contributed by atoms with E-state index in [0.29, 0.717) is 10.6 Å². The molecular formula is C19H24N2O3S2. The van der Waals surface area contributed by atoms with Crippen LogP contribution in [0.2, 0.25) is 0 Å². The zero-order valence-corrected chi connectivity index (χ0v) is 17.0. The van der Waals surface area contributed by atoms with Gasteiger partial charge >= 0.3 is 5.97 Å². The molecule has 1 saturated heterocycles. The summed E-state index contributed by atoms with van der Waals surface area (Å²) in [6.45, 7) is 6.31. The Morgan fingerprint density at radius 2 is 2.23 bits per heavy atom. The Morgan fingerprint density at radius 3 is 2.92 bits per heavy atom. The van der Waals surface area contributed by atoms with Crippen molar-refractivity contribution in [2.75, 3.05) is 6.54 Å². The van der Waals surface area contributed by atoms with E-state index >= 15 is 0 Å². The summed E-state index contributed by atoms with van der Waals surface area (Å²) in [5, 5.41) is 2.79. The highest BCUT2D eigenvalue weighted by Gasteiger charge is 2.31. The normalized spacial score (nSPS) is 18.6. The molecule has 2 aromatic heterocycles. The SMILES string of the molecule is CCC1CCCCN1C(=O)C(C)OC(=O)c1sc(-c2cccs2)nc1C. The minimum atomic E-state index is -0.777. The van der Waals surface area contributed by atoms with Crippen molar-refractivity contribution in [1.82, 2.24) is 9.88 Å². The summed E-state index contributed by atoms with van der Waals surface area (Å²) < 4.78 is 5.50. The first-order chi connectivity index (χ1) is 12.5. The number of thiophene rings is 1. The van der Waals surface area contributed by atoms with Crippen LogP contribution in [0, 0.1) is 6.92 Å². The molecule has 2 unspecified atom stereocenters. The second kappa shape index (κ2) is 8.31. The van der Waals surface area contributed by atoms with Crippen molar-refractivity contribution >= 4 is 34.6 Å². The van der Waals surface area contributed by atoms with Gasteiger partial charge in [0.25, 0.3) is 5.91 Å². The number of carbonyl (C=O) groups is 2. The minimum absolute atomic E-state index is 0.0921. The fourth-order valence-electron chi connectivity index (χ4n) is 3.30. The molecule has 1 aliphatic rings. The maximum Gasteiger partial charge on any atom is 0.351 e. The van der Waals surface area contributed by atoms with E-state index < -0.39 is 12.1 Å². The Labute approximate surface area is 162 Å². The lowest BCUT2D eigenvalue weighted by Gasteiger charge is -2.36. The number of carbonyl (C=O) groups excluding carboxylic acids is 2. The predicted octanol–water partition coefficient (Wildman–Crippen LogP) is 4.52. The Kier molecular flexibility index (Phi) is 6.09. The van der Waals surface area contributed by atoms with Crippen molar-refractivity contribution in [3.63, 3.8) is 0 Å². The van der Waals surface area contributed by atoms with E-state index in [1.165, 1.54) is 11.3 Å². The standard InChI is InChI=1S/C19H24N2O3S2/c1-4-14-8-5-6-10-21(14)18(22)13(3)24-19(23)16-12(2)20-17(26-16)15-9-7-11-25-15/h7,9,11,13-14H,4-6,8,10H2,1-3H3. The fraction of sp³-hybridized carbons (Fsp3) is 0.526. The molecule has 0 bridgehead atoms. The van der Waals surface area contributed by atoms with Crippen LogP contribution in [-0.4, -0.2) is 40.5 Å². The highest BCUT2D eigenvalue weighted by Crippen LogP contribution is 2.31. The van der Waals surface area contributed by atoms with Gasteiger partial charge in [0.2, 0.25) is 0 Å². The molecule has 5 nitrogen and oxygen atoms in total. The number of amides is 1. The molecule has 3 heterocycles. The zero-order valence-electron chi connectivity index (χ0n) is 15.4. The number of rotatable bonds is 5. The second-order valence-electron chi connectivity index (χ2n) is 6.55. The summed E-state index contributed by atoms with van der Waals surface area (Å²) in [5.41, 5.74) is 0.646. The third kappa shape index (κ3) is 3.99. The van der Waals surface area contributed by atoms with Crippen LogP contribution in [0.4, 0.5) is 0 Å². The van der Waals surface area contributed by atoms with Crippen LogP contribution in [-0.2, 0) is 9.53 Å². The van der Waals surface area contributed by atoms with Crippen molar-refractivity contribution in [1.29, 1.82) is 0 Å². The Bertz CT molecular complexity index is 770. The second-order valence-corrected chi connectivity index (χ2v) is 8.49. The van der Waals surface area contributed by atoms with Crippen LogP contribution in [0.3, 0.4) is 0 Å². The Balaban J connectivity index is 1.68. The molecule has 3 rings (SSSR count). The molecule has 1 fully saturated rings. The van der Waals surface area contributed by atoms with Gasteiger partial charge in [0.15, 0.2) is 6.10 Å². The average molecular weight is 393 g/mol. The monoisotopic (exact) mass is 392 g/mol. The molecule has 0 N–H and O–H groups in total. The Morgan fingerprint density at radius 1 is 1.42 bits per heavy atom. The first-order valence-electron chi connectivity index (χ1n) is 9.04. The van der Waals surface area contributed by atoms with Crippen LogP contribution in [0.5, 0.6) is 0 Å². The molecule has 7 heteroatoms. The van der Waals surface area contributed by atoms with Gasteiger partial charge in [0.05, 0.1) is 10.6 Å². The number of nitrogens with zero attached hydrogens (tertiary/aromatic N) is 2. The Hall–Kier alpha value is -1.73. The van der Waals surface area contributed by atoms with Crippen LogP contribution in [0.15, 0.2) is 17.5 Å². The van der Waals surface area contributed by atoms with Crippen molar-refractivity contribution < 1.29 is 14.3 Å². The maximum absolute atomic E-state index is 12.7. The van der Waals surface area contributed by atoms with Crippen LogP contribution in [0.1, 0.15) is 54.9 Å². The topological polar surface area (TPSA) is 59.5 Å². The predicted molar refractivity (Wildman–Crippen MR) is 105 cm³/mol. The molecule has 0 radical (unpaired) electrons. The number of ether oxygens (including phenoxy) is 1. The third-order valence-electron chi connectivity index (χ3n) is 4.73. The first-order valence-corrected chi connectivity index (χ1v) is 10.7. The molecule has 0 spiro atoms. The molecular weight excluding hydrogens is 368 g/mol. The number of piperidine rings is 1. The number of aryl methyl sites for hydroxylation is 1. The van der Waals surface area contributed by atoms with Crippen LogP contribution in [0.25, 0.3) is 9.88 Å².